The maximum Gasteiger partial charge on any atom is 0.500 e. The van der Waals surface area contributed by atoms with Gasteiger partial charge in [-0.2, -0.15) is 0 Å². The Morgan fingerprint density at radius 1 is 1.14 bits per heavy atom. The maximum absolute atomic E-state index is 5.35. The van der Waals surface area contributed by atoms with Crippen LogP contribution in [0.3, 0.4) is 0 Å². The van der Waals surface area contributed by atoms with E-state index in [1.807, 2.05) is 0 Å². The van der Waals surface area contributed by atoms with E-state index in [0.29, 0.717) is 5.84 Å². The molecule has 0 rings (SSSR count). The van der Waals surface area contributed by atoms with E-state index in [-0.39, 0.29) is 0 Å². The Morgan fingerprint density at radius 3 is 2.00 bits per heavy atom. The van der Waals surface area contributed by atoms with Crippen LogP contribution in [0.2, 0.25) is 6.04 Å². The Balaban J connectivity index is 3.77. The van der Waals surface area contributed by atoms with E-state index in [1.165, 1.54) is 0 Å². The minimum atomic E-state index is -2.38. The molecule has 0 bridgehead atoms. The van der Waals surface area contributed by atoms with Crippen LogP contribution in [0.15, 0.2) is 0 Å². The molecule has 0 atom stereocenters. The quantitative estimate of drug-likeness (QED) is 0.242. The van der Waals surface area contributed by atoms with Gasteiger partial charge in [0.25, 0.3) is 0 Å². The molecule has 4 N–H and O–H groups in total. The largest absolute Gasteiger partial charge is 0.500 e. The molecule has 0 saturated carbocycles. The Hall–Kier alpha value is -0.433. The summed E-state index contributed by atoms with van der Waals surface area (Å²) in [7, 11) is 2.46. The van der Waals surface area contributed by atoms with Gasteiger partial charge < -0.3 is 13.3 Å². The number of amidine groups is 1. The number of hydrogen-bond donors (Lipinski definition) is 2. The molecule has 0 aliphatic rings. The Labute approximate surface area is 86.4 Å². The van der Waals surface area contributed by atoms with Crippen molar-refractivity contribution in [1.29, 1.82) is 0 Å². The summed E-state index contributed by atoms with van der Waals surface area (Å²) in [6.45, 7) is 0. The summed E-state index contributed by atoms with van der Waals surface area (Å²) >= 11 is 0. The minimum Gasteiger partial charge on any atom is -0.377 e. The Bertz CT molecular complexity index is 166. The normalized spacial score (nSPS) is 11.6. The standard InChI is InChI=1S/C8H20N2O3Si/c1-11-14(12-2,13-3)7-5-4-6-8(9)10/h4-7H2,1-3H3,(H3,9,10)/p+1. The van der Waals surface area contributed by atoms with Crippen molar-refractivity contribution in [3.63, 3.8) is 0 Å². The molecule has 0 aliphatic carbocycles. The summed E-state index contributed by atoms with van der Waals surface area (Å²) in [4.78, 5) is 0. The lowest BCUT2D eigenvalue weighted by Crippen LogP contribution is -2.45. The fourth-order valence-corrected chi connectivity index (χ4v) is 3.02. The van der Waals surface area contributed by atoms with Gasteiger partial charge in [0.05, 0.1) is 0 Å². The molecule has 0 aromatic rings. The van der Waals surface area contributed by atoms with Crippen molar-refractivity contribution in [2.75, 3.05) is 21.3 Å². The molecule has 14 heavy (non-hydrogen) atoms. The van der Waals surface area contributed by atoms with Crippen LogP contribution in [-0.2, 0) is 13.3 Å². The van der Waals surface area contributed by atoms with Gasteiger partial charge in [-0.3, -0.25) is 11.1 Å². The molecule has 0 heterocycles. The monoisotopic (exact) mass is 221 g/mol. The van der Waals surface area contributed by atoms with Crippen molar-refractivity contribution in [3.05, 3.63) is 0 Å². The van der Waals surface area contributed by atoms with Crippen LogP contribution in [0.25, 0.3) is 0 Å². The molecule has 5 nitrogen and oxygen atoms in total. The van der Waals surface area contributed by atoms with Crippen LogP contribution >= 0.6 is 0 Å². The lowest BCUT2D eigenvalue weighted by Gasteiger charge is -2.23. The van der Waals surface area contributed by atoms with Crippen molar-refractivity contribution in [2.24, 2.45) is 5.73 Å². The summed E-state index contributed by atoms with van der Waals surface area (Å²) in [6, 6.07) is 0.795. The zero-order valence-corrected chi connectivity index (χ0v) is 10.2. The first-order chi connectivity index (χ1) is 6.60. The predicted molar refractivity (Wildman–Crippen MR) is 56.6 cm³/mol. The summed E-state index contributed by atoms with van der Waals surface area (Å²) < 4.78 is 15.8. The second-order valence-electron chi connectivity index (χ2n) is 3.08. The molecule has 0 aromatic carbocycles. The van der Waals surface area contributed by atoms with Crippen molar-refractivity contribution >= 4 is 14.6 Å². The summed E-state index contributed by atoms with van der Waals surface area (Å²) in [6.07, 6.45) is 2.62. The van der Waals surface area contributed by atoms with Crippen LogP contribution in [0.5, 0.6) is 0 Å². The summed E-state index contributed by atoms with van der Waals surface area (Å²) in [5, 5.41) is 5.35. The highest BCUT2D eigenvalue weighted by Gasteiger charge is 2.36. The third-order valence-corrected chi connectivity index (χ3v) is 4.96. The number of hydrogen-bond acceptors (Lipinski definition) is 3. The van der Waals surface area contributed by atoms with Gasteiger partial charge in [0.2, 0.25) is 5.84 Å². The maximum atomic E-state index is 5.35. The minimum absolute atomic E-state index is 0.476. The molecule has 6 heteroatoms. The summed E-state index contributed by atoms with van der Waals surface area (Å²) in [5.74, 6) is 0.476. The SMILES string of the molecule is CO[Si](CCCCC(N)=[NH2+])(OC)OC. The average molecular weight is 221 g/mol. The predicted octanol–water partition coefficient (Wildman–Crippen LogP) is -0.849. The van der Waals surface area contributed by atoms with Crippen molar-refractivity contribution in [3.8, 4) is 0 Å². The second kappa shape index (κ2) is 6.94. The fraction of sp³-hybridized carbons (Fsp3) is 0.875. The molecular weight excluding hydrogens is 200 g/mol. The van der Waals surface area contributed by atoms with Gasteiger partial charge in [0.1, 0.15) is 0 Å². The van der Waals surface area contributed by atoms with Crippen molar-refractivity contribution in [2.45, 2.75) is 25.3 Å². The van der Waals surface area contributed by atoms with Gasteiger partial charge >= 0.3 is 8.80 Å². The zero-order chi connectivity index (χ0) is 11.0. The highest BCUT2D eigenvalue weighted by atomic mass is 28.4. The third kappa shape index (κ3) is 4.71. The molecule has 0 amide bonds. The van der Waals surface area contributed by atoms with Gasteiger partial charge in [-0.1, -0.05) is 0 Å². The van der Waals surface area contributed by atoms with Gasteiger partial charge in [-0.05, 0) is 12.8 Å². The first-order valence-corrected chi connectivity index (χ1v) is 6.55. The van der Waals surface area contributed by atoms with E-state index in [1.54, 1.807) is 21.3 Å². The molecule has 84 valence electrons. The van der Waals surface area contributed by atoms with Crippen LogP contribution in [0.4, 0.5) is 0 Å². The van der Waals surface area contributed by atoms with Crippen LogP contribution < -0.4 is 11.1 Å². The summed E-state index contributed by atoms with van der Waals surface area (Å²) in [5.41, 5.74) is 5.35. The van der Waals surface area contributed by atoms with E-state index >= 15 is 0 Å². The van der Waals surface area contributed by atoms with E-state index in [2.05, 4.69) is 0 Å². The van der Waals surface area contributed by atoms with Gasteiger partial charge in [0.15, 0.2) is 0 Å². The molecule has 0 spiro atoms. The van der Waals surface area contributed by atoms with Gasteiger partial charge in [-0.25, -0.2) is 0 Å². The first-order valence-electron chi connectivity index (χ1n) is 4.62. The van der Waals surface area contributed by atoms with E-state index in [0.717, 1.165) is 25.3 Å². The highest BCUT2D eigenvalue weighted by Crippen LogP contribution is 2.16. The van der Waals surface area contributed by atoms with Crippen LogP contribution in [0, 0.1) is 0 Å². The lowest BCUT2D eigenvalue weighted by molar-refractivity contribution is -0.118. The van der Waals surface area contributed by atoms with E-state index < -0.39 is 8.80 Å². The topological polar surface area (TPSA) is 79.3 Å². The number of unbranched alkanes of at least 4 members (excludes halogenated alkanes) is 1. The van der Waals surface area contributed by atoms with E-state index in [4.69, 9.17) is 24.4 Å². The van der Waals surface area contributed by atoms with Crippen molar-refractivity contribution in [1.82, 2.24) is 0 Å². The highest BCUT2D eigenvalue weighted by molar-refractivity contribution is 6.60. The van der Waals surface area contributed by atoms with E-state index in [9.17, 15) is 0 Å². The Kier molecular flexibility index (Phi) is 6.72. The van der Waals surface area contributed by atoms with Crippen molar-refractivity contribution < 1.29 is 18.7 Å². The molecule has 0 aliphatic heterocycles. The smallest absolute Gasteiger partial charge is 0.377 e. The lowest BCUT2D eigenvalue weighted by atomic mass is 10.2. The third-order valence-electron chi connectivity index (χ3n) is 2.13. The first kappa shape index (κ1) is 13.6. The molecule has 0 aromatic heterocycles. The fourth-order valence-electron chi connectivity index (χ4n) is 1.23. The van der Waals surface area contributed by atoms with Crippen LogP contribution in [-0.4, -0.2) is 36.0 Å². The molecule has 0 unspecified atom stereocenters. The van der Waals surface area contributed by atoms with Crippen LogP contribution in [0.1, 0.15) is 19.3 Å². The van der Waals surface area contributed by atoms with Gasteiger partial charge in [0, 0.05) is 33.8 Å². The number of rotatable bonds is 8. The van der Waals surface area contributed by atoms with Gasteiger partial charge in [-0.15, -0.1) is 0 Å². The average Bonchev–Trinajstić information content (AvgIpc) is 2.19. The molecule has 0 fully saturated rings. The number of nitrogens with two attached hydrogens (primary N) is 2. The molecule has 0 radical (unpaired) electrons. The Morgan fingerprint density at radius 2 is 1.64 bits per heavy atom. The second-order valence-corrected chi connectivity index (χ2v) is 6.17. The molecule has 0 saturated heterocycles. The zero-order valence-electron chi connectivity index (χ0n) is 9.21. The molecular formula is C8H21N2O3Si+.